The Morgan fingerprint density at radius 3 is 2.52 bits per heavy atom. The molecule has 0 bridgehead atoms. The van der Waals surface area contributed by atoms with E-state index in [-0.39, 0.29) is 26.5 Å². The van der Waals surface area contributed by atoms with E-state index in [0.29, 0.717) is 13.1 Å². The second-order valence-electron chi connectivity index (χ2n) is 6.81. The smallest absolute Gasteiger partial charge is 0.325 e. The maximum atomic E-state index is 12.9. The Labute approximate surface area is 186 Å². The van der Waals surface area contributed by atoms with Crippen LogP contribution in [0.25, 0.3) is 0 Å². The van der Waals surface area contributed by atoms with Crippen molar-refractivity contribution in [3.05, 3.63) is 29.0 Å². The van der Waals surface area contributed by atoms with Crippen molar-refractivity contribution in [2.75, 3.05) is 24.2 Å². The topological polar surface area (TPSA) is 97.2 Å². The number of alkyl halides is 3. The zero-order valence-corrected chi connectivity index (χ0v) is 18.7. The first-order valence-electron chi connectivity index (χ1n) is 9.19. The number of rotatable bonds is 6. The fourth-order valence-corrected chi connectivity index (χ4v) is 5.77. The van der Waals surface area contributed by atoms with Crippen LogP contribution in [0.15, 0.2) is 28.3 Å². The SMILES string of the molecule is Cn1c(SCC(=O)Nc2ccc(Cl)c(S(=O)(=O)N3CCCCC3)c2)nnc1C(F)(F)F. The standard InChI is InChI=1S/C17H19ClF3N5O3S2/c1-25-15(17(19,20)21)23-24-16(25)30-10-14(27)22-11-5-6-12(18)13(9-11)31(28,29)26-7-3-2-4-8-26/h5-6,9H,2-4,7-8,10H2,1H3,(H,22,27). The second kappa shape index (κ2) is 9.35. The molecule has 0 spiro atoms. The number of nitrogens with one attached hydrogen (secondary N) is 1. The van der Waals surface area contributed by atoms with Crippen LogP contribution >= 0.6 is 23.4 Å². The van der Waals surface area contributed by atoms with Gasteiger partial charge < -0.3 is 9.88 Å². The van der Waals surface area contributed by atoms with Crippen LogP contribution in [0.3, 0.4) is 0 Å². The van der Waals surface area contributed by atoms with Gasteiger partial charge in [-0.2, -0.15) is 17.5 Å². The second-order valence-corrected chi connectivity index (χ2v) is 10.1. The summed E-state index contributed by atoms with van der Waals surface area (Å²) in [5.41, 5.74) is 0.208. The minimum absolute atomic E-state index is 0.0386. The van der Waals surface area contributed by atoms with Gasteiger partial charge in [-0.15, -0.1) is 10.2 Å². The first kappa shape index (κ1) is 23.8. The number of thioether (sulfide) groups is 1. The van der Waals surface area contributed by atoms with Gasteiger partial charge in [0.15, 0.2) is 5.16 Å². The number of carbonyl (C=O) groups excluding carboxylic acids is 1. The maximum absolute atomic E-state index is 12.9. The number of piperidine rings is 1. The fraction of sp³-hybridized carbons (Fsp3) is 0.471. The Bertz CT molecular complexity index is 1070. The number of carbonyl (C=O) groups is 1. The van der Waals surface area contributed by atoms with E-state index in [0.717, 1.165) is 42.6 Å². The monoisotopic (exact) mass is 497 g/mol. The Morgan fingerprint density at radius 1 is 1.23 bits per heavy atom. The van der Waals surface area contributed by atoms with E-state index >= 15 is 0 Å². The summed E-state index contributed by atoms with van der Waals surface area (Å²) in [4.78, 5) is 12.1. The zero-order valence-electron chi connectivity index (χ0n) is 16.3. The van der Waals surface area contributed by atoms with E-state index in [1.54, 1.807) is 0 Å². The number of halogens is 4. The molecule has 1 fully saturated rings. The lowest BCUT2D eigenvalue weighted by Crippen LogP contribution is -2.35. The number of hydrogen-bond acceptors (Lipinski definition) is 6. The third kappa shape index (κ3) is 5.51. The first-order chi connectivity index (χ1) is 14.5. The third-order valence-electron chi connectivity index (χ3n) is 4.57. The highest BCUT2D eigenvalue weighted by atomic mass is 35.5. The molecule has 1 N–H and O–H groups in total. The molecular formula is C17H19ClF3N5O3S2. The average Bonchev–Trinajstić information content (AvgIpc) is 3.09. The van der Waals surface area contributed by atoms with Crippen molar-refractivity contribution in [2.24, 2.45) is 7.05 Å². The van der Waals surface area contributed by atoms with Crippen molar-refractivity contribution in [1.29, 1.82) is 0 Å². The molecule has 2 aromatic rings. The molecule has 2 heterocycles. The molecule has 1 aromatic carbocycles. The Kier molecular flexibility index (Phi) is 7.18. The lowest BCUT2D eigenvalue weighted by atomic mass is 10.2. The molecule has 3 rings (SSSR count). The molecule has 1 aliphatic rings. The minimum Gasteiger partial charge on any atom is -0.325 e. The summed E-state index contributed by atoms with van der Waals surface area (Å²) in [6.45, 7) is 0.813. The molecule has 1 amide bonds. The van der Waals surface area contributed by atoms with Gasteiger partial charge in [0, 0.05) is 25.8 Å². The van der Waals surface area contributed by atoms with Gasteiger partial charge in [-0.3, -0.25) is 4.79 Å². The van der Waals surface area contributed by atoms with Gasteiger partial charge in [0.05, 0.1) is 10.8 Å². The molecule has 8 nitrogen and oxygen atoms in total. The molecule has 0 unspecified atom stereocenters. The summed E-state index contributed by atoms with van der Waals surface area (Å²) < 4.78 is 66.2. The van der Waals surface area contributed by atoms with Crippen molar-refractivity contribution in [3.63, 3.8) is 0 Å². The summed E-state index contributed by atoms with van der Waals surface area (Å²) in [7, 11) is -2.65. The molecular weight excluding hydrogens is 479 g/mol. The molecule has 0 radical (unpaired) electrons. The summed E-state index contributed by atoms with van der Waals surface area (Å²) in [6.07, 6.45) is -2.16. The predicted molar refractivity (Wildman–Crippen MR) is 109 cm³/mol. The minimum atomic E-state index is -4.65. The Morgan fingerprint density at radius 2 is 1.90 bits per heavy atom. The summed E-state index contributed by atoms with van der Waals surface area (Å²) in [5, 5.41) is 9.03. The highest BCUT2D eigenvalue weighted by Gasteiger charge is 2.37. The van der Waals surface area contributed by atoms with Gasteiger partial charge in [0.25, 0.3) is 0 Å². The highest BCUT2D eigenvalue weighted by molar-refractivity contribution is 7.99. The Balaban J connectivity index is 1.68. The van der Waals surface area contributed by atoms with Crippen molar-refractivity contribution < 1.29 is 26.4 Å². The molecule has 170 valence electrons. The van der Waals surface area contributed by atoms with Crippen LogP contribution in [-0.2, 0) is 28.0 Å². The van der Waals surface area contributed by atoms with Crippen LogP contribution < -0.4 is 5.32 Å². The maximum Gasteiger partial charge on any atom is 0.451 e. The van der Waals surface area contributed by atoms with E-state index < -0.39 is 27.9 Å². The van der Waals surface area contributed by atoms with E-state index in [4.69, 9.17) is 11.6 Å². The third-order valence-corrected chi connectivity index (χ3v) is 7.97. The van der Waals surface area contributed by atoms with Crippen molar-refractivity contribution >= 4 is 45.0 Å². The van der Waals surface area contributed by atoms with Crippen molar-refractivity contribution in [2.45, 2.75) is 35.5 Å². The molecule has 1 saturated heterocycles. The van der Waals surface area contributed by atoms with Gasteiger partial charge in [0.2, 0.25) is 21.8 Å². The average molecular weight is 498 g/mol. The number of benzene rings is 1. The van der Waals surface area contributed by atoms with Gasteiger partial charge in [-0.25, -0.2) is 8.42 Å². The van der Waals surface area contributed by atoms with Gasteiger partial charge >= 0.3 is 6.18 Å². The van der Waals surface area contributed by atoms with E-state index in [1.165, 1.54) is 22.5 Å². The highest BCUT2D eigenvalue weighted by Crippen LogP contribution is 2.31. The van der Waals surface area contributed by atoms with Gasteiger partial charge in [-0.05, 0) is 31.0 Å². The van der Waals surface area contributed by atoms with Crippen molar-refractivity contribution in [3.8, 4) is 0 Å². The molecule has 1 aromatic heterocycles. The van der Waals surface area contributed by atoms with Crippen LogP contribution in [0.2, 0.25) is 5.02 Å². The number of nitrogens with zero attached hydrogens (tertiary/aromatic N) is 4. The zero-order chi connectivity index (χ0) is 22.8. The fourth-order valence-electron chi connectivity index (χ4n) is 3.04. The van der Waals surface area contributed by atoms with E-state index in [9.17, 15) is 26.4 Å². The van der Waals surface area contributed by atoms with E-state index in [1.807, 2.05) is 0 Å². The largest absolute Gasteiger partial charge is 0.451 e. The predicted octanol–water partition coefficient (Wildman–Crippen LogP) is 3.39. The van der Waals surface area contributed by atoms with Gasteiger partial charge in [-0.1, -0.05) is 29.8 Å². The lowest BCUT2D eigenvalue weighted by molar-refractivity contribution is -0.147. The lowest BCUT2D eigenvalue weighted by Gasteiger charge is -2.26. The number of aromatic nitrogens is 3. The van der Waals surface area contributed by atoms with Crippen LogP contribution in [0, 0.1) is 0 Å². The molecule has 14 heteroatoms. The van der Waals surface area contributed by atoms with E-state index in [2.05, 4.69) is 15.5 Å². The quantitative estimate of drug-likeness (QED) is 0.614. The van der Waals surface area contributed by atoms with Crippen LogP contribution in [0.4, 0.5) is 18.9 Å². The molecule has 0 aliphatic carbocycles. The molecule has 0 atom stereocenters. The Hall–Kier alpha value is -1.83. The van der Waals surface area contributed by atoms with Crippen molar-refractivity contribution in [1.82, 2.24) is 19.1 Å². The number of amides is 1. The normalized spacial score (nSPS) is 15.8. The summed E-state index contributed by atoms with van der Waals surface area (Å²) >= 11 is 6.87. The van der Waals surface area contributed by atoms with Crippen LogP contribution in [0.5, 0.6) is 0 Å². The summed E-state index contributed by atoms with van der Waals surface area (Å²) in [5.74, 6) is -1.97. The van der Waals surface area contributed by atoms with Crippen LogP contribution in [-0.4, -0.2) is 52.2 Å². The number of anilines is 1. The van der Waals surface area contributed by atoms with Gasteiger partial charge in [0.1, 0.15) is 4.90 Å². The molecule has 0 saturated carbocycles. The number of hydrogen-bond donors (Lipinski definition) is 1. The molecule has 31 heavy (non-hydrogen) atoms. The summed E-state index contributed by atoms with van der Waals surface area (Å²) in [6, 6.07) is 4.10. The number of sulfonamides is 1. The molecule has 1 aliphatic heterocycles. The van der Waals surface area contributed by atoms with Crippen LogP contribution in [0.1, 0.15) is 25.1 Å². The first-order valence-corrected chi connectivity index (χ1v) is 12.0.